The molecule has 2 aromatic carbocycles. The third-order valence-corrected chi connectivity index (χ3v) is 7.26. The number of para-hydroxylation sites is 2. The molecule has 0 atom stereocenters. The van der Waals surface area contributed by atoms with Gasteiger partial charge in [0.05, 0.1) is 11.5 Å². The van der Waals surface area contributed by atoms with E-state index in [1.807, 2.05) is 44.2 Å². The Morgan fingerprint density at radius 1 is 0.968 bits per heavy atom. The summed E-state index contributed by atoms with van der Waals surface area (Å²) >= 11 is 0. The Morgan fingerprint density at radius 3 is 2.26 bits per heavy atom. The first-order valence-electron chi connectivity index (χ1n) is 10.5. The molecule has 0 bridgehead atoms. The van der Waals surface area contributed by atoms with Crippen LogP contribution in [-0.4, -0.2) is 62.9 Å². The van der Waals surface area contributed by atoms with E-state index in [2.05, 4.69) is 0 Å². The van der Waals surface area contributed by atoms with E-state index in [1.54, 1.807) is 24.0 Å². The Labute approximate surface area is 184 Å². The maximum atomic E-state index is 13.1. The van der Waals surface area contributed by atoms with Gasteiger partial charge in [-0.1, -0.05) is 31.2 Å². The van der Waals surface area contributed by atoms with Crippen molar-refractivity contribution < 1.29 is 22.7 Å². The number of amides is 1. The second-order valence-corrected chi connectivity index (χ2v) is 9.54. The molecule has 168 valence electrons. The number of hydrogen-bond donors (Lipinski definition) is 0. The lowest BCUT2D eigenvalue weighted by Crippen LogP contribution is -2.51. The molecule has 2 aromatic rings. The van der Waals surface area contributed by atoms with Gasteiger partial charge in [-0.3, -0.25) is 4.79 Å². The molecule has 31 heavy (non-hydrogen) atoms. The third-order valence-electron chi connectivity index (χ3n) is 5.21. The fourth-order valence-electron chi connectivity index (χ4n) is 3.43. The van der Waals surface area contributed by atoms with E-state index in [1.165, 1.54) is 4.31 Å². The Hall–Kier alpha value is -2.58. The highest BCUT2D eigenvalue weighted by molar-refractivity contribution is 7.89. The van der Waals surface area contributed by atoms with E-state index in [4.69, 9.17) is 9.47 Å². The fraction of sp³-hybridized carbons (Fsp3) is 0.435. The van der Waals surface area contributed by atoms with E-state index in [-0.39, 0.29) is 25.6 Å². The maximum absolute atomic E-state index is 13.1. The standard InChI is InChI=1S/C23H30N2O5S/c1-4-15-29-20-7-5-6-8-21(20)30-17-23(26)24-11-13-25(14-12-24)31(27,28)22-16-18(2)9-10-19(22)3/h5-10,16H,4,11-15,17H2,1-3H3. The van der Waals surface area contributed by atoms with Gasteiger partial charge in [0.1, 0.15) is 0 Å². The minimum atomic E-state index is -3.59. The molecule has 0 aromatic heterocycles. The summed E-state index contributed by atoms with van der Waals surface area (Å²) in [7, 11) is -3.59. The predicted molar refractivity (Wildman–Crippen MR) is 119 cm³/mol. The van der Waals surface area contributed by atoms with E-state index in [0.29, 0.717) is 36.1 Å². The van der Waals surface area contributed by atoms with Crippen LogP contribution in [0.1, 0.15) is 24.5 Å². The Morgan fingerprint density at radius 2 is 1.61 bits per heavy atom. The molecule has 1 aliphatic rings. The SMILES string of the molecule is CCCOc1ccccc1OCC(=O)N1CCN(S(=O)(=O)c2cc(C)ccc2C)CC1. The van der Waals surface area contributed by atoms with Gasteiger partial charge >= 0.3 is 0 Å². The van der Waals surface area contributed by atoms with Crippen molar-refractivity contribution in [2.24, 2.45) is 0 Å². The smallest absolute Gasteiger partial charge is 0.260 e. The van der Waals surface area contributed by atoms with Crippen LogP contribution in [0.3, 0.4) is 0 Å². The lowest BCUT2D eigenvalue weighted by Gasteiger charge is -2.34. The summed E-state index contributed by atoms with van der Waals surface area (Å²) in [5.41, 5.74) is 1.62. The zero-order valence-corrected chi connectivity index (χ0v) is 19.2. The van der Waals surface area contributed by atoms with Crippen molar-refractivity contribution >= 4 is 15.9 Å². The number of nitrogens with zero attached hydrogens (tertiary/aromatic N) is 2. The number of rotatable bonds is 8. The molecular weight excluding hydrogens is 416 g/mol. The van der Waals surface area contributed by atoms with Crippen LogP contribution in [0.2, 0.25) is 0 Å². The summed E-state index contributed by atoms with van der Waals surface area (Å²) in [6.07, 6.45) is 0.878. The molecule has 3 rings (SSSR count). The largest absolute Gasteiger partial charge is 0.490 e. The first kappa shape index (κ1) is 23.1. The lowest BCUT2D eigenvalue weighted by molar-refractivity contribution is -0.134. The zero-order chi connectivity index (χ0) is 22.4. The van der Waals surface area contributed by atoms with Crippen molar-refractivity contribution in [1.29, 1.82) is 0 Å². The normalized spacial score (nSPS) is 15.0. The number of piperazine rings is 1. The number of carbonyl (C=O) groups excluding carboxylic acids is 1. The average molecular weight is 447 g/mol. The molecule has 7 nitrogen and oxygen atoms in total. The molecule has 0 saturated carbocycles. The van der Waals surface area contributed by atoms with Crippen LogP contribution in [0, 0.1) is 13.8 Å². The predicted octanol–water partition coefficient (Wildman–Crippen LogP) is 3.00. The van der Waals surface area contributed by atoms with Gasteiger partial charge in [0.2, 0.25) is 10.0 Å². The molecule has 0 aliphatic carbocycles. The van der Waals surface area contributed by atoms with E-state index in [9.17, 15) is 13.2 Å². The van der Waals surface area contributed by atoms with Gasteiger partial charge in [-0.25, -0.2) is 8.42 Å². The molecule has 8 heteroatoms. The number of sulfonamides is 1. The molecular formula is C23H30N2O5S. The molecule has 0 N–H and O–H groups in total. The minimum Gasteiger partial charge on any atom is -0.490 e. The third kappa shape index (κ3) is 5.57. The zero-order valence-electron chi connectivity index (χ0n) is 18.3. The van der Waals surface area contributed by atoms with Crippen molar-refractivity contribution in [3.8, 4) is 11.5 Å². The van der Waals surface area contributed by atoms with Crippen LogP contribution in [0.5, 0.6) is 11.5 Å². The number of hydrogen-bond acceptors (Lipinski definition) is 5. The van der Waals surface area contributed by atoms with Gasteiger partial charge in [0.25, 0.3) is 5.91 Å². The number of benzene rings is 2. The van der Waals surface area contributed by atoms with Gasteiger partial charge in [-0.15, -0.1) is 0 Å². The Bertz CT molecular complexity index is 1010. The summed E-state index contributed by atoms with van der Waals surface area (Å²) in [4.78, 5) is 14.6. The highest BCUT2D eigenvalue weighted by Crippen LogP contribution is 2.27. The first-order chi connectivity index (χ1) is 14.8. The molecule has 1 fully saturated rings. The van der Waals surface area contributed by atoms with Gasteiger partial charge in [0, 0.05) is 26.2 Å². The van der Waals surface area contributed by atoms with Crippen molar-refractivity contribution in [2.75, 3.05) is 39.4 Å². The van der Waals surface area contributed by atoms with Crippen molar-refractivity contribution in [3.63, 3.8) is 0 Å². The summed E-state index contributed by atoms with van der Waals surface area (Å²) < 4.78 is 38.9. The van der Waals surface area contributed by atoms with Gasteiger partial charge in [-0.2, -0.15) is 4.31 Å². The van der Waals surface area contributed by atoms with Crippen LogP contribution in [-0.2, 0) is 14.8 Å². The summed E-state index contributed by atoms with van der Waals surface area (Å²) in [5.74, 6) is 0.969. The monoisotopic (exact) mass is 446 g/mol. The number of aryl methyl sites for hydroxylation is 2. The Balaban J connectivity index is 1.57. The molecule has 1 saturated heterocycles. The highest BCUT2D eigenvalue weighted by Gasteiger charge is 2.31. The summed E-state index contributed by atoms with van der Waals surface area (Å²) in [5, 5.41) is 0. The molecule has 1 amide bonds. The minimum absolute atomic E-state index is 0.115. The van der Waals surface area contributed by atoms with E-state index in [0.717, 1.165) is 17.5 Å². The van der Waals surface area contributed by atoms with Crippen LogP contribution >= 0.6 is 0 Å². The molecule has 0 radical (unpaired) electrons. The summed E-state index contributed by atoms with van der Waals surface area (Å²) in [6.45, 7) is 7.34. The second kappa shape index (κ2) is 10.2. The first-order valence-corrected chi connectivity index (χ1v) is 12.0. The van der Waals surface area contributed by atoms with E-state index < -0.39 is 10.0 Å². The molecule has 0 spiro atoms. The quantitative estimate of drug-likeness (QED) is 0.623. The van der Waals surface area contributed by atoms with Gasteiger partial charge in [0.15, 0.2) is 18.1 Å². The van der Waals surface area contributed by atoms with Crippen LogP contribution in [0.25, 0.3) is 0 Å². The molecule has 0 unspecified atom stereocenters. The average Bonchev–Trinajstić information content (AvgIpc) is 2.78. The topological polar surface area (TPSA) is 76.2 Å². The summed E-state index contributed by atoms with van der Waals surface area (Å²) in [6, 6.07) is 12.7. The van der Waals surface area contributed by atoms with Crippen LogP contribution < -0.4 is 9.47 Å². The number of ether oxygens (including phenoxy) is 2. The van der Waals surface area contributed by atoms with Crippen LogP contribution in [0.4, 0.5) is 0 Å². The lowest BCUT2D eigenvalue weighted by atomic mass is 10.2. The molecule has 1 aliphatic heterocycles. The van der Waals surface area contributed by atoms with Gasteiger partial charge < -0.3 is 14.4 Å². The maximum Gasteiger partial charge on any atom is 0.260 e. The fourth-order valence-corrected chi connectivity index (χ4v) is 5.17. The van der Waals surface area contributed by atoms with Gasteiger partial charge in [-0.05, 0) is 49.6 Å². The van der Waals surface area contributed by atoms with Crippen molar-refractivity contribution in [1.82, 2.24) is 9.21 Å². The number of carbonyl (C=O) groups is 1. The molecule has 1 heterocycles. The van der Waals surface area contributed by atoms with Crippen LogP contribution in [0.15, 0.2) is 47.4 Å². The van der Waals surface area contributed by atoms with E-state index >= 15 is 0 Å². The second-order valence-electron chi connectivity index (χ2n) is 7.64. The van der Waals surface area contributed by atoms with Crippen molar-refractivity contribution in [3.05, 3.63) is 53.6 Å². The van der Waals surface area contributed by atoms with Crippen molar-refractivity contribution in [2.45, 2.75) is 32.1 Å². The Kier molecular flexibility index (Phi) is 7.56. The highest BCUT2D eigenvalue weighted by atomic mass is 32.2.